The van der Waals surface area contributed by atoms with Crippen LogP contribution in [0.3, 0.4) is 0 Å². The molecule has 1 aliphatic carbocycles. The van der Waals surface area contributed by atoms with Crippen LogP contribution in [-0.4, -0.2) is 86.8 Å². The summed E-state index contributed by atoms with van der Waals surface area (Å²) in [5.41, 5.74) is 5.30. The van der Waals surface area contributed by atoms with Gasteiger partial charge in [0.2, 0.25) is 11.8 Å². The van der Waals surface area contributed by atoms with Crippen LogP contribution in [0.15, 0.2) is 48.5 Å². The highest BCUT2D eigenvalue weighted by molar-refractivity contribution is 6.23. The van der Waals surface area contributed by atoms with Gasteiger partial charge in [-0.1, -0.05) is 33.8 Å². The Kier molecular flexibility index (Phi) is 8.69. The van der Waals surface area contributed by atoms with Gasteiger partial charge in [0, 0.05) is 62.1 Å². The number of nitrogens with zero attached hydrogens (tertiary/aromatic N) is 5. The number of nitrogens with one attached hydrogen (secondary N) is 1. The van der Waals surface area contributed by atoms with E-state index in [9.17, 15) is 34.0 Å². The van der Waals surface area contributed by atoms with Gasteiger partial charge in [0.15, 0.2) is 0 Å². The average Bonchev–Trinajstić information content (AvgIpc) is 3.84. The number of nitriles is 1. The summed E-state index contributed by atoms with van der Waals surface area (Å²) in [4.78, 5) is 84.6. The minimum absolute atomic E-state index is 0.0733. The number of fused-ring (bicyclic) bond motifs is 3. The molecule has 6 amide bonds. The number of aryl methyl sites for hydroxylation is 1. The van der Waals surface area contributed by atoms with E-state index in [4.69, 9.17) is 4.74 Å². The second-order valence-corrected chi connectivity index (χ2v) is 17.0. The Hall–Kier alpha value is -5.87. The number of imide groups is 2. The van der Waals surface area contributed by atoms with E-state index in [1.807, 2.05) is 42.2 Å². The summed E-state index contributed by atoms with van der Waals surface area (Å²) in [6, 6.07) is 15.5. The van der Waals surface area contributed by atoms with Gasteiger partial charge in [-0.15, -0.1) is 0 Å². The molecule has 1 unspecified atom stereocenters. The van der Waals surface area contributed by atoms with Crippen LogP contribution in [0, 0.1) is 29.1 Å². The summed E-state index contributed by atoms with van der Waals surface area (Å²) >= 11 is 0. The Labute approximate surface area is 325 Å². The molecule has 1 atom stereocenters. The van der Waals surface area contributed by atoms with Crippen molar-refractivity contribution in [1.29, 1.82) is 5.26 Å². The lowest BCUT2D eigenvalue weighted by Gasteiger charge is -2.63. The number of carbonyl (C=O) groups excluding carboxylic acids is 6. The maximum atomic E-state index is 13.7. The van der Waals surface area contributed by atoms with Crippen LogP contribution >= 0.6 is 0 Å². The first-order valence-corrected chi connectivity index (χ1v) is 18.9. The van der Waals surface area contributed by atoms with Crippen LogP contribution in [0.1, 0.15) is 105 Å². The van der Waals surface area contributed by atoms with Gasteiger partial charge in [0.05, 0.1) is 29.3 Å². The number of likely N-dealkylation sites (N-methyl/N-ethyl adjacent to an activating group) is 1. The number of hydrogen-bond acceptors (Lipinski definition) is 9. The zero-order valence-corrected chi connectivity index (χ0v) is 32.4. The molecule has 13 heteroatoms. The monoisotopic (exact) mass is 756 g/mol. The van der Waals surface area contributed by atoms with E-state index < -0.39 is 23.8 Å². The third-order valence-corrected chi connectivity index (χ3v) is 12.5. The van der Waals surface area contributed by atoms with Crippen molar-refractivity contribution in [2.75, 3.05) is 13.6 Å². The van der Waals surface area contributed by atoms with E-state index in [0.717, 1.165) is 37.6 Å². The van der Waals surface area contributed by atoms with Crippen molar-refractivity contribution in [3.63, 3.8) is 0 Å². The van der Waals surface area contributed by atoms with Gasteiger partial charge in [-0.2, -0.15) is 5.26 Å². The fourth-order valence-corrected chi connectivity index (χ4v) is 9.75. The Balaban J connectivity index is 0.873. The number of amides is 6. The number of likely N-dealkylation sites (tertiary alicyclic amines) is 1. The molecule has 56 heavy (non-hydrogen) atoms. The Bertz CT molecular complexity index is 2260. The first-order valence-electron chi connectivity index (χ1n) is 18.9. The Morgan fingerprint density at radius 1 is 0.857 bits per heavy atom. The van der Waals surface area contributed by atoms with Crippen molar-refractivity contribution >= 4 is 35.4 Å². The number of rotatable bonds is 7. The van der Waals surface area contributed by atoms with Crippen LogP contribution < -0.4 is 10.1 Å². The SMILES string of the molecule is Cc1cc(OC2C(C)(C)C(NC(=O)c3ccc4c(c3)CN(CC(=O)N3Cc5cc6c(cc5C3)C(=O)N(C3CCC(=O)N(C)C3=O)C6=O)C4)C2(C)C)ccc1C#N. The van der Waals surface area contributed by atoms with Crippen LogP contribution in [0.25, 0.3) is 0 Å². The summed E-state index contributed by atoms with van der Waals surface area (Å²) in [6.45, 7) is 12.1. The molecule has 2 fully saturated rings. The summed E-state index contributed by atoms with van der Waals surface area (Å²) in [5.74, 6) is -1.59. The molecule has 288 valence electrons. The molecule has 3 aromatic rings. The number of ether oxygens (including phenoxy) is 1. The molecule has 1 saturated heterocycles. The predicted octanol–water partition coefficient (Wildman–Crippen LogP) is 4.08. The molecular formula is C43H44N6O7. The van der Waals surface area contributed by atoms with Crippen LogP contribution in [-0.2, 0) is 40.6 Å². The fraction of sp³-hybridized carbons (Fsp3) is 0.419. The second-order valence-electron chi connectivity index (χ2n) is 17.0. The van der Waals surface area contributed by atoms with Crippen molar-refractivity contribution in [3.05, 3.63) is 98.6 Å². The quantitative estimate of drug-likeness (QED) is 0.351. The van der Waals surface area contributed by atoms with Gasteiger partial charge in [0.1, 0.15) is 17.9 Å². The molecule has 1 saturated carbocycles. The molecular weight excluding hydrogens is 713 g/mol. The molecule has 5 aliphatic rings. The number of hydrogen-bond donors (Lipinski definition) is 1. The number of benzene rings is 3. The Morgan fingerprint density at radius 3 is 2.11 bits per heavy atom. The topological polar surface area (TPSA) is 160 Å². The normalized spacial score (nSPS) is 23.4. The van der Waals surface area contributed by atoms with E-state index in [1.165, 1.54) is 7.05 Å². The molecule has 13 nitrogen and oxygen atoms in total. The molecule has 8 rings (SSSR count). The predicted molar refractivity (Wildman–Crippen MR) is 202 cm³/mol. The van der Waals surface area contributed by atoms with E-state index in [-0.39, 0.29) is 71.2 Å². The van der Waals surface area contributed by atoms with Crippen molar-refractivity contribution in [2.45, 2.75) is 91.8 Å². The van der Waals surface area contributed by atoms with Crippen molar-refractivity contribution in [2.24, 2.45) is 10.8 Å². The number of piperidine rings is 1. The van der Waals surface area contributed by atoms with E-state index in [0.29, 0.717) is 43.1 Å². The zero-order valence-electron chi connectivity index (χ0n) is 32.4. The summed E-state index contributed by atoms with van der Waals surface area (Å²) in [6.07, 6.45) is -0.00208. The summed E-state index contributed by atoms with van der Waals surface area (Å²) < 4.78 is 6.45. The molecule has 0 spiro atoms. The van der Waals surface area contributed by atoms with Gasteiger partial charge in [-0.05, 0) is 83.6 Å². The van der Waals surface area contributed by atoms with Gasteiger partial charge < -0.3 is 15.0 Å². The van der Waals surface area contributed by atoms with E-state index in [2.05, 4.69) is 39.1 Å². The lowest BCUT2D eigenvalue weighted by atomic mass is 9.49. The summed E-state index contributed by atoms with van der Waals surface area (Å²) in [5, 5.41) is 12.6. The molecule has 0 bridgehead atoms. The zero-order chi connectivity index (χ0) is 40.0. The average molecular weight is 757 g/mol. The fourth-order valence-electron chi connectivity index (χ4n) is 9.75. The molecule has 1 N–H and O–H groups in total. The smallest absolute Gasteiger partial charge is 0.262 e. The van der Waals surface area contributed by atoms with Crippen LogP contribution in [0.2, 0.25) is 0 Å². The lowest BCUT2D eigenvalue weighted by Crippen LogP contribution is -2.74. The summed E-state index contributed by atoms with van der Waals surface area (Å²) in [7, 11) is 1.36. The standard InChI is InChI=1S/C43H44N6O7/c1-23-13-30(10-9-25(23)17-44)56-41-42(2,3)40(43(41,4)5)45-36(52)24-7-8-26-18-47(19-27(26)14-24)22-35(51)48-20-28-15-31-32(16-29(28)21-48)38(54)49(37(31)53)33-11-12-34(50)46(6)39(33)55/h7-10,13-16,33,40-41H,11-12,18-22H2,1-6H3,(H,45,52). The molecule has 4 heterocycles. The van der Waals surface area contributed by atoms with Gasteiger partial charge in [0.25, 0.3) is 23.6 Å². The van der Waals surface area contributed by atoms with Gasteiger partial charge in [-0.25, -0.2) is 0 Å². The maximum Gasteiger partial charge on any atom is 0.262 e. The minimum atomic E-state index is -1.02. The minimum Gasteiger partial charge on any atom is -0.489 e. The van der Waals surface area contributed by atoms with Crippen LogP contribution in [0.5, 0.6) is 5.75 Å². The second kappa shape index (κ2) is 13.1. The van der Waals surface area contributed by atoms with E-state index in [1.54, 1.807) is 23.1 Å². The maximum absolute atomic E-state index is 13.7. The Morgan fingerprint density at radius 2 is 1.48 bits per heavy atom. The van der Waals surface area contributed by atoms with Gasteiger partial charge >= 0.3 is 0 Å². The van der Waals surface area contributed by atoms with Crippen LogP contribution in [0.4, 0.5) is 0 Å². The molecule has 4 aliphatic heterocycles. The largest absolute Gasteiger partial charge is 0.489 e. The first kappa shape index (κ1) is 37.1. The molecule has 0 radical (unpaired) electrons. The van der Waals surface area contributed by atoms with Crippen molar-refractivity contribution in [1.82, 2.24) is 24.9 Å². The highest BCUT2D eigenvalue weighted by atomic mass is 16.5. The van der Waals surface area contributed by atoms with E-state index >= 15 is 0 Å². The number of carbonyl (C=O) groups is 6. The van der Waals surface area contributed by atoms with Crippen molar-refractivity contribution in [3.8, 4) is 11.8 Å². The third-order valence-electron chi connectivity index (χ3n) is 12.5. The molecule has 0 aromatic heterocycles. The lowest BCUT2D eigenvalue weighted by molar-refractivity contribution is -0.164. The molecule has 3 aromatic carbocycles. The highest BCUT2D eigenvalue weighted by Gasteiger charge is 2.64. The van der Waals surface area contributed by atoms with Crippen molar-refractivity contribution < 1.29 is 33.5 Å². The van der Waals surface area contributed by atoms with Gasteiger partial charge in [-0.3, -0.25) is 43.5 Å². The highest BCUT2D eigenvalue weighted by Crippen LogP contribution is 2.55. The third kappa shape index (κ3) is 5.85. The first-order chi connectivity index (χ1) is 26.5.